The maximum atomic E-state index is 9.08. The van der Waals surface area contributed by atoms with Gasteiger partial charge >= 0.3 is 0 Å². The predicted octanol–water partition coefficient (Wildman–Crippen LogP) is -0.137. The maximum Gasteiger partial charge on any atom is 0.145 e. The molecule has 0 bridgehead atoms. The van der Waals surface area contributed by atoms with Crippen molar-refractivity contribution in [2.75, 3.05) is 25.1 Å². The molecule has 5 nitrogen and oxygen atoms in total. The first-order valence-corrected chi connectivity index (χ1v) is 4.76. The predicted molar refractivity (Wildman–Crippen MR) is 56.9 cm³/mol. The lowest BCUT2D eigenvalue weighted by Gasteiger charge is -2.29. The Morgan fingerprint density at radius 2 is 1.87 bits per heavy atom. The number of aromatic nitrogens is 1. The van der Waals surface area contributed by atoms with E-state index in [1.54, 1.807) is 12.1 Å². The summed E-state index contributed by atoms with van der Waals surface area (Å²) in [6.45, 7) is -1.27. The van der Waals surface area contributed by atoms with E-state index in [2.05, 4.69) is 10.3 Å². The normalized spacial score (nSPS) is 11.5. The van der Waals surface area contributed by atoms with Crippen LogP contribution in [0.25, 0.3) is 0 Å². The number of rotatable bonds is 5. The second-order valence-electron chi connectivity index (χ2n) is 3.21. The van der Waals surface area contributed by atoms with Crippen LogP contribution < -0.4 is 5.32 Å². The van der Waals surface area contributed by atoms with Crippen LogP contribution in [0.2, 0.25) is 5.02 Å². The summed E-state index contributed by atoms with van der Waals surface area (Å²) < 4.78 is 0. The lowest BCUT2D eigenvalue weighted by Crippen LogP contribution is -2.49. The van der Waals surface area contributed by atoms with Gasteiger partial charge in [-0.15, -0.1) is 0 Å². The van der Waals surface area contributed by atoms with Gasteiger partial charge in [0.2, 0.25) is 0 Å². The van der Waals surface area contributed by atoms with Crippen molar-refractivity contribution in [1.82, 2.24) is 4.98 Å². The van der Waals surface area contributed by atoms with Gasteiger partial charge in [-0.3, -0.25) is 0 Å². The Bertz CT molecular complexity index is 310. The van der Waals surface area contributed by atoms with E-state index in [0.29, 0.717) is 10.8 Å². The average Bonchev–Trinajstić information content (AvgIpc) is 2.29. The monoisotopic (exact) mass is 232 g/mol. The minimum absolute atomic E-state index is 0.316. The quantitative estimate of drug-likeness (QED) is 0.568. The molecule has 0 unspecified atom stereocenters. The Kier molecular flexibility index (Phi) is 4.28. The molecule has 0 radical (unpaired) electrons. The Labute approximate surface area is 92.3 Å². The smallest absolute Gasteiger partial charge is 0.145 e. The van der Waals surface area contributed by atoms with Crippen LogP contribution >= 0.6 is 11.6 Å². The number of hydrogen-bond acceptors (Lipinski definition) is 5. The number of nitrogens with one attached hydrogen (secondary N) is 1. The molecule has 1 aromatic rings. The number of halogens is 1. The minimum atomic E-state index is -1.21. The topological polar surface area (TPSA) is 85.6 Å². The van der Waals surface area contributed by atoms with Gasteiger partial charge in [-0.25, -0.2) is 4.98 Å². The molecule has 0 amide bonds. The Balaban J connectivity index is 2.88. The highest BCUT2D eigenvalue weighted by Crippen LogP contribution is 2.21. The number of aliphatic hydroxyl groups is 3. The fraction of sp³-hybridized carbons (Fsp3) is 0.444. The SMILES string of the molecule is OCC(CO)(CO)Nc1ncccc1Cl. The number of nitrogens with zero attached hydrogens (tertiary/aromatic N) is 1. The van der Waals surface area contributed by atoms with Crippen LogP contribution in [0.4, 0.5) is 5.82 Å². The van der Waals surface area contributed by atoms with Crippen molar-refractivity contribution in [3.63, 3.8) is 0 Å². The molecule has 4 N–H and O–H groups in total. The highest BCUT2D eigenvalue weighted by molar-refractivity contribution is 6.32. The van der Waals surface area contributed by atoms with Crippen LogP contribution in [-0.4, -0.2) is 45.7 Å². The first-order chi connectivity index (χ1) is 7.17. The summed E-state index contributed by atoms with van der Waals surface area (Å²) >= 11 is 5.83. The van der Waals surface area contributed by atoms with Crippen LogP contribution in [0.5, 0.6) is 0 Å². The molecule has 1 heterocycles. The lowest BCUT2D eigenvalue weighted by molar-refractivity contribution is 0.0831. The van der Waals surface area contributed by atoms with E-state index in [4.69, 9.17) is 26.9 Å². The minimum Gasteiger partial charge on any atom is -0.394 e. The zero-order valence-electron chi connectivity index (χ0n) is 8.02. The second kappa shape index (κ2) is 5.27. The Hall–Kier alpha value is -0.880. The highest BCUT2D eigenvalue weighted by atomic mass is 35.5. The first-order valence-electron chi connectivity index (χ1n) is 4.39. The van der Waals surface area contributed by atoms with Crippen LogP contribution in [0.15, 0.2) is 18.3 Å². The third-order valence-corrected chi connectivity index (χ3v) is 2.36. The van der Waals surface area contributed by atoms with Gasteiger partial charge in [0.1, 0.15) is 11.4 Å². The molecular weight excluding hydrogens is 220 g/mol. The van der Waals surface area contributed by atoms with E-state index in [-0.39, 0.29) is 0 Å². The summed E-state index contributed by atoms with van der Waals surface area (Å²) in [6.07, 6.45) is 1.52. The molecule has 0 aliphatic rings. The molecule has 0 atom stereocenters. The fourth-order valence-corrected chi connectivity index (χ4v) is 1.17. The molecule has 15 heavy (non-hydrogen) atoms. The van der Waals surface area contributed by atoms with E-state index < -0.39 is 25.4 Å². The van der Waals surface area contributed by atoms with Crippen molar-refractivity contribution in [3.8, 4) is 0 Å². The Morgan fingerprint density at radius 1 is 1.27 bits per heavy atom. The third-order valence-electron chi connectivity index (χ3n) is 2.05. The molecule has 1 aromatic heterocycles. The van der Waals surface area contributed by atoms with Gasteiger partial charge in [0, 0.05) is 6.20 Å². The average molecular weight is 233 g/mol. The molecule has 0 aliphatic heterocycles. The molecular formula is C9H13ClN2O3. The van der Waals surface area contributed by atoms with Gasteiger partial charge in [-0.2, -0.15) is 0 Å². The standard InChI is InChI=1S/C9H13ClN2O3/c10-7-2-1-3-11-8(7)12-9(4-13,5-14)6-15/h1-3,13-15H,4-6H2,(H,11,12). The van der Waals surface area contributed by atoms with E-state index in [0.717, 1.165) is 0 Å². The summed E-state index contributed by atoms with van der Waals surface area (Å²) in [5, 5.41) is 30.3. The first kappa shape index (κ1) is 12.2. The molecule has 0 saturated heterocycles. The summed E-state index contributed by atoms with van der Waals surface area (Å²) in [5.41, 5.74) is -1.21. The second-order valence-corrected chi connectivity index (χ2v) is 3.62. The molecule has 0 aromatic carbocycles. The van der Waals surface area contributed by atoms with Crippen molar-refractivity contribution < 1.29 is 15.3 Å². The van der Waals surface area contributed by atoms with Crippen molar-refractivity contribution in [3.05, 3.63) is 23.4 Å². The number of pyridine rings is 1. The largest absolute Gasteiger partial charge is 0.394 e. The molecule has 0 saturated carbocycles. The van der Waals surface area contributed by atoms with Gasteiger partial charge in [-0.05, 0) is 12.1 Å². The highest BCUT2D eigenvalue weighted by Gasteiger charge is 2.28. The van der Waals surface area contributed by atoms with Crippen molar-refractivity contribution in [1.29, 1.82) is 0 Å². The van der Waals surface area contributed by atoms with Crippen molar-refractivity contribution >= 4 is 17.4 Å². The van der Waals surface area contributed by atoms with E-state index in [1.165, 1.54) is 6.20 Å². The van der Waals surface area contributed by atoms with Gasteiger partial charge in [-0.1, -0.05) is 11.6 Å². The fourth-order valence-electron chi connectivity index (χ4n) is 0.997. The molecule has 0 aliphatic carbocycles. The molecule has 84 valence electrons. The lowest BCUT2D eigenvalue weighted by atomic mass is 10.0. The van der Waals surface area contributed by atoms with Gasteiger partial charge in [0.15, 0.2) is 0 Å². The van der Waals surface area contributed by atoms with Crippen LogP contribution in [0.3, 0.4) is 0 Å². The van der Waals surface area contributed by atoms with Gasteiger partial charge < -0.3 is 20.6 Å². The zero-order valence-corrected chi connectivity index (χ0v) is 8.78. The third kappa shape index (κ3) is 2.79. The maximum absolute atomic E-state index is 9.08. The van der Waals surface area contributed by atoms with Crippen LogP contribution in [0, 0.1) is 0 Å². The zero-order chi connectivity index (χ0) is 11.3. The van der Waals surface area contributed by atoms with Gasteiger partial charge in [0.25, 0.3) is 0 Å². The summed E-state index contributed by atoms with van der Waals surface area (Å²) in [5.74, 6) is 0.316. The molecule has 6 heteroatoms. The molecule has 0 spiro atoms. The van der Waals surface area contributed by atoms with Crippen LogP contribution in [0.1, 0.15) is 0 Å². The van der Waals surface area contributed by atoms with Gasteiger partial charge in [0.05, 0.1) is 24.8 Å². The van der Waals surface area contributed by atoms with E-state index >= 15 is 0 Å². The summed E-state index contributed by atoms with van der Waals surface area (Å²) in [7, 11) is 0. The molecule has 0 fully saturated rings. The summed E-state index contributed by atoms with van der Waals surface area (Å²) in [4.78, 5) is 3.93. The van der Waals surface area contributed by atoms with E-state index in [9.17, 15) is 0 Å². The number of aliphatic hydroxyl groups excluding tert-OH is 3. The number of anilines is 1. The summed E-state index contributed by atoms with van der Waals surface area (Å²) in [6, 6.07) is 3.28. The Morgan fingerprint density at radius 3 is 2.33 bits per heavy atom. The number of hydrogen-bond donors (Lipinski definition) is 4. The van der Waals surface area contributed by atoms with E-state index in [1.807, 2.05) is 0 Å². The van der Waals surface area contributed by atoms with Crippen molar-refractivity contribution in [2.24, 2.45) is 0 Å². The van der Waals surface area contributed by atoms with Crippen molar-refractivity contribution in [2.45, 2.75) is 5.54 Å². The van der Waals surface area contributed by atoms with Crippen LogP contribution in [-0.2, 0) is 0 Å². The molecule has 1 rings (SSSR count).